The van der Waals surface area contributed by atoms with Crippen LogP contribution >= 0.6 is 0 Å². The van der Waals surface area contributed by atoms with Gasteiger partial charge in [0.2, 0.25) is 0 Å². The van der Waals surface area contributed by atoms with Gasteiger partial charge in [-0.3, -0.25) is 0 Å². The minimum atomic E-state index is 0.775. The lowest BCUT2D eigenvalue weighted by Crippen LogP contribution is -1.87. The van der Waals surface area contributed by atoms with Gasteiger partial charge in [-0.05, 0) is 52.6 Å². The second-order valence-corrected chi connectivity index (χ2v) is 4.83. The lowest BCUT2D eigenvalue weighted by molar-refractivity contribution is 1.58. The molecule has 0 bridgehead atoms. The second-order valence-electron chi connectivity index (χ2n) is 4.83. The van der Waals surface area contributed by atoms with Crippen molar-refractivity contribution in [3.05, 3.63) is 72.8 Å². The molecule has 0 amide bonds. The Morgan fingerprint density at radius 2 is 0.800 bits per heavy atom. The topological polar surface area (TPSA) is 52.0 Å². The van der Waals surface area contributed by atoms with Crippen LogP contribution in [0.4, 0.5) is 11.4 Å². The standard InChI is InChI=1S/C18H16N2/c19-17-8-2-6-15(11-17)13-4-1-5-14(10-13)16-7-3-9-18(20)12-16/h1-12H,19-20H2. The molecule has 0 unspecified atom stereocenters. The Kier molecular flexibility index (Phi) is 3.13. The summed E-state index contributed by atoms with van der Waals surface area (Å²) in [5.41, 5.74) is 17.8. The van der Waals surface area contributed by atoms with Crippen molar-refractivity contribution in [2.45, 2.75) is 0 Å². The van der Waals surface area contributed by atoms with Crippen molar-refractivity contribution in [3.63, 3.8) is 0 Å². The monoisotopic (exact) mass is 260 g/mol. The first-order valence-electron chi connectivity index (χ1n) is 6.54. The van der Waals surface area contributed by atoms with Crippen LogP contribution in [0.2, 0.25) is 0 Å². The second kappa shape index (κ2) is 5.10. The number of anilines is 2. The van der Waals surface area contributed by atoms with E-state index in [2.05, 4.69) is 36.4 Å². The first kappa shape index (κ1) is 12.3. The fourth-order valence-electron chi connectivity index (χ4n) is 2.31. The predicted octanol–water partition coefficient (Wildman–Crippen LogP) is 4.19. The molecule has 0 saturated heterocycles. The van der Waals surface area contributed by atoms with Crippen LogP contribution in [-0.2, 0) is 0 Å². The van der Waals surface area contributed by atoms with Crippen molar-refractivity contribution in [2.75, 3.05) is 11.5 Å². The number of hydrogen-bond donors (Lipinski definition) is 2. The van der Waals surface area contributed by atoms with E-state index in [1.807, 2.05) is 36.4 Å². The molecule has 0 aromatic heterocycles. The minimum absolute atomic E-state index is 0.775. The molecule has 98 valence electrons. The first-order valence-corrected chi connectivity index (χ1v) is 6.54. The highest BCUT2D eigenvalue weighted by Gasteiger charge is 2.02. The van der Waals surface area contributed by atoms with E-state index < -0.39 is 0 Å². The summed E-state index contributed by atoms with van der Waals surface area (Å²) in [6.07, 6.45) is 0. The van der Waals surface area contributed by atoms with Gasteiger partial charge in [-0.2, -0.15) is 0 Å². The van der Waals surface area contributed by atoms with Crippen LogP contribution in [0.5, 0.6) is 0 Å². The molecule has 2 heteroatoms. The molecule has 0 saturated carbocycles. The highest BCUT2D eigenvalue weighted by atomic mass is 14.5. The maximum atomic E-state index is 5.85. The largest absolute Gasteiger partial charge is 0.399 e. The van der Waals surface area contributed by atoms with Gasteiger partial charge in [-0.15, -0.1) is 0 Å². The average Bonchev–Trinajstić information content (AvgIpc) is 2.47. The summed E-state index contributed by atoms with van der Waals surface area (Å²) >= 11 is 0. The molecule has 3 aromatic rings. The van der Waals surface area contributed by atoms with Crippen LogP contribution in [0.15, 0.2) is 72.8 Å². The van der Waals surface area contributed by atoms with Crippen LogP contribution in [-0.4, -0.2) is 0 Å². The Bertz CT molecular complexity index is 687. The Hall–Kier alpha value is -2.74. The molecule has 0 fully saturated rings. The van der Waals surface area contributed by atoms with E-state index in [0.717, 1.165) is 33.6 Å². The van der Waals surface area contributed by atoms with E-state index in [1.54, 1.807) is 0 Å². The fraction of sp³-hybridized carbons (Fsp3) is 0. The molecule has 0 spiro atoms. The molecule has 0 radical (unpaired) electrons. The molecule has 0 heterocycles. The summed E-state index contributed by atoms with van der Waals surface area (Å²) in [6.45, 7) is 0. The van der Waals surface area contributed by atoms with Gasteiger partial charge in [0.15, 0.2) is 0 Å². The van der Waals surface area contributed by atoms with E-state index in [1.165, 1.54) is 0 Å². The molecule has 0 atom stereocenters. The first-order chi connectivity index (χ1) is 9.72. The van der Waals surface area contributed by atoms with Gasteiger partial charge in [-0.25, -0.2) is 0 Å². The summed E-state index contributed by atoms with van der Waals surface area (Å²) in [6, 6.07) is 24.2. The number of rotatable bonds is 2. The third kappa shape index (κ3) is 2.50. The van der Waals surface area contributed by atoms with Gasteiger partial charge >= 0.3 is 0 Å². The van der Waals surface area contributed by atoms with E-state index in [9.17, 15) is 0 Å². The summed E-state index contributed by atoms with van der Waals surface area (Å²) in [7, 11) is 0. The van der Waals surface area contributed by atoms with Crippen molar-refractivity contribution in [2.24, 2.45) is 0 Å². The van der Waals surface area contributed by atoms with E-state index in [-0.39, 0.29) is 0 Å². The summed E-state index contributed by atoms with van der Waals surface area (Å²) in [5, 5.41) is 0. The molecule has 0 aliphatic heterocycles. The smallest absolute Gasteiger partial charge is 0.0320 e. The summed E-state index contributed by atoms with van der Waals surface area (Å²) in [5.74, 6) is 0. The average molecular weight is 260 g/mol. The fourth-order valence-corrected chi connectivity index (χ4v) is 2.31. The van der Waals surface area contributed by atoms with Crippen molar-refractivity contribution in [3.8, 4) is 22.3 Å². The van der Waals surface area contributed by atoms with E-state index in [4.69, 9.17) is 11.5 Å². The Morgan fingerprint density at radius 1 is 0.450 bits per heavy atom. The number of hydrogen-bond acceptors (Lipinski definition) is 2. The number of nitrogens with two attached hydrogens (primary N) is 2. The molecular weight excluding hydrogens is 244 g/mol. The molecule has 3 rings (SSSR count). The molecule has 20 heavy (non-hydrogen) atoms. The third-order valence-electron chi connectivity index (χ3n) is 3.30. The maximum Gasteiger partial charge on any atom is 0.0320 e. The Morgan fingerprint density at radius 3 is 1.20 bits per heavy atom. The highest BCUT2D eigenvalue weighted by molar-refractivity contribution is 5.75. The lowest BCUT2D eigenvalue weighted by atomic mass is 9.98. The van der Waals surface area contributed by atoms with Crippen molar-refractivity contribution in [1.29, 1.82) is 0 Å². The molecule has 3 aromatic carbocycles. The maximum absolute atomic E-state index is 5.85. The minimum Gasteiger partial charge on any atom is -0.399 e. The Balaban J connectivity index is 2.06. The van der Waals surface area contributed by atoms with Crippen LogP contribution in [0.1, 0.15) is 0 Å². The zero-order valence-corrected chi connectivity index (χ0v) is 11.1. The van der Waals surface area contributed by atoms with Crippen molar-refractivity contribution >= 4 is 11.4 Å². The van der Waals surface area contributed by atoms with Crippen LogP contribution in [0.25, 0.3) is 22.3 Å². The van der Waals surface area contributed by atoms with Crippen LogP contribution < -0.4 is 11.5 Å². The molecule has 0 aliphatic carbocycles. The summed E-state index contributed by atoms with van der Waals surface area (Å²) < 4.78 is 0. The van der Waals surface area contributed by atoms with Gasteiger partial charge in [0, 0.05) is 11.4 Å². The Labute approximate surface area is 118 Å². The van der Waals surface area contributed by atoms with Gasteiger partial charge in [0.1, 0.15) is 0 Å². The SMILES string of the molecule is Nc1cccc(-c2cccc(-c3cccc(N)c3)c2)c1. The van der Waals surface area contributed by atoms with Gasteiger partial charge < -0.3 is 11.5 Å². The van der Waals surface area contributed by atoms with E-state index in [0.29, 0.717) is 0 Å². The predicted molar refractivity (Wildman–Crippen MR) is 86.1 cm³/mol. The van der Waals surface area contributed by atoms with Crippen LogP contribution in [0, 0.1) is 0 Å². The zero-order chi connectivity index (χ0) is 13.9. The normalized spacial score (nSPS) is 10.4. The van der Waals surface area contributed by atoms with Gasteiger partial charge in [-0.1, -0.05) is 42.5 Å². The van der Waals surface area contributed by atoms with E-state index >= 15 is 0 Å². The zero-order valence-electron chi connectivity index (χ0n) is 11.1. The molecule has 4 N–H and O–H groups in total. The number of nitrogen functional groups attached to an aromatic ring is 2. The summed E-state index contributed by atoms with van der Waals surface area (Å²) in [4.78, 5) is 0. The molecule has 2 nitrogen and oxygen atoms in total. The van der Waals surface area contributed by atoms with Crippen molar-refractivity contribution in [1.82, 2.24) is 0 Å². The van der Waals surface area contributed by atoms with Crippen LogP contribution in [0.3, 0.4) is 0 Å². The number of benzene rings is 3. The third-order valence-corrected chi connectivity index (χ3v) is 3.30. The van der Waals surface area contributed by atoms with Gasteiger partial charge in [0.25, 0.3) is 0 Å². The highest BCUT2D eigenvalue weighted by Crippen LogP contribution is 2.28. The quantitative estimate of drug-likeness (QED) is 0.679. The molecule has 0 aliphatic rings. The van der Waals surface area contributed by atoms with Crippen molar-refractivity contribution < 1.29 is 0 Å². The van der Waals surface area contributed by atoms with Gasteiger partial charge in [0.05, 0.1) is 0 Å². The lowest BCUT2D eigenvalue weighted by Gasteiger charge is -2.07. The molecular formula is C18H16N2.